The molecule has 0 fully saturated rings. The number of fused-ring (bicyclic) bond motifs is 1. The molecule has 1 heterocycles. The lowest BCUT2D eigenvalue weighted by Gasteiger charge is -2.23. The van der Waals surface area contributed by atoms with Crippen molar-refractivity contribution < 1.29 is 4.74 Å². The van der Waals surface area contributed by atoms with Crippen molar-refractivity contribution in [3.8, 4) is 5.75 Å². The Morgan fingerprint density at radius 1 is 1.45 bits per heavy atom. The Morgan fingerprint density at radius 3 is 2.85 bits per heavy atom. The molecule has 0 aromatic heterocycles. The largest absolute Gasteiger partial charge is 0.493 e. The first-order chi connectivity index (χ1) is 9.39. The van der Waals surface area contributed by atoms with Crippen LogP contribution in [0.5, 0.6) is 5.75 Å². The summed E-state index contributed by atoms with van der Waals surface area (Å²) in [6.45, 7) is 7.47. The lowest BCUT2D eigenvalue weighted by atomic mass is 10.0. The topological polar surface area (TPSA) is 47.3 Å². The predicted molar refractivity (Wildman–Crippen MR) is 90.4 cm³/mol. The minimum atomic E-state index is 0.252. The van der Waals surface area contributed by atoms with Gasteiger partial charge in [0.15, 0.2) is 0 Å². The number of rotatable bonds is 5. The molecule has 20 heavy (non-hydrogen) atoms. The van der Waals surface area contributed by atoms with E-state index in [0.29, 0.717) is 0 Å². The molecule has 1 aromatic rings. The van der Waals surface area contributed by atoms with Crippen LogP contribution >= 0.6 is 27.7 Å². The van der Waals surface area contributed by atoms with E-state index < -0.39 is 0 Å². The maximum Gasteiger partial charge on any atom is 0.125 e. The minimum absolute atomic E-state index is 0.252. The number of hydrazine groups is 1. The van der Waals surface area contributed by atoms with Crippen molar-refractivity contribution in [2.75, 3.05) is 12.4 Å². The zero-order chi connectivity index (χ0) is 14.8. The second-order valence-corrected chi connectivity index (χ2v) is 8.91. The van der Waals surface area contributed by atoms with Gasteiger partial charge in [0.1, 0.15) is 5.75 Å². The number of benzene rings is 1. The van der Waals surface area contributed by atoms with E-state index in [1.165, 1.54) is 11.1 Å². The lowest BCUT2D eigenvalue weighted by molar-refractivity contribution is 0.352. The molecule has 1 unspecified atom stereocenters. The maximum atomic E-state index is 5.78. The number of hydrogen-bond acceptors (Lipinski definition) is 4. The number of thioether (sulfide) groups is 1. The normalized spacial score (nSPS) is 15.8. The SMILES string of the molecule is CC(C)(C)SCC(Cc1cc(Br)cc2c1OCC2)NN. The molecule has 1 aliphatic heterocycles. The summed E-state index contributed by atoms with van der Waals surface area (Å²) in [7, 11) is 0. The molecule has 1 aromatic carbocycles. The van der Waals surface area contributed by atoms with Crippen molar-refractivity contribution in [1.82, 2.24) is 5.43 Å². The molecule has 5 heteroatoms. The fraction of sp³-hybridized carbons (Fsp3) is 0.600. The molecule has 3 N–H and O–H groups in total. The van der Waals surface area contributed by atoms with E-state index in [1.54, 1.807) is 0 Å². The smallest absolute Gasteiger partial charge is 0.125 e. The molecule has 0 saturated carbocycles. The molecule has 3 nitrogen and oxygen atoms in total. The second kappa shape index (κ2) is 6.69. The van der Waals surface area contributed by atoms with E-state index in [-0.39, 0.29) is 10.8 Å². The van der Waals surface area contributed by atoms with Crippen molar-refractivity contribution in [3.63, 3.8) is 0 Å². The molecular formula is C15H23BrN2OS. The van der Waals surface area contributed by atoms with Crippen molar-refractivity contribution in [1.29, 1.82) is 0 Å². The summed E-state index contributed by atoms with van der Waals surface area (Å²) in [4.78, 5) is 0. The predicted octanol–water partition coefficient (Wildman–Crippen LogP) is 3.29. The van der Waals surface area contributed by atoms with E-state index in [9.17, 15) is 0 Å². The lowest BCUT2D eigenvalue weighted by Crippen LogP contribution is -2.39. The van der Waals surface area contributed by atoms with Gasteiger partial charge in [-0.2, -0.15) is 11.8 Å². The minimum Gasteiger partial charge on any atom is -0.493 e. The van der Waals surface area contributed by atoms with Crippen LogP contribution in [0, 0.1) is 0 Å². The third-order valence-corrected chi connectivity index (χ3v) is 5.14. The van der Waals surface area contributed by atoms with Gasteiger partial charge >= 0.3 is 0 Å². The number of halogens is 1. The van der Waals surface area contributed by atoms with Gasteiger partial charge in [0.05, 0.1) is 6.61 Å². The van der Waals surface area contributed by atoms with Crippen LogP contribution in [0.25, 0.3) is 0 Å². The molecular weight excluding hydrogens is 336 g/mol. The summed E-state index contributed by atoms with van der Waals surface area (Å²) >= 11 is 5.51. The molecule has 1 aliphatic rings. The molecule has 0 amide bonds. The van der Waals surface area contributed by atoms with Crippen LogP contribution in [0.4, 0.5) is 0 Å². The first-order valence-electron chi connectivity index (χ1n) is 6.93. The van der Waals surface area contributed by atoms with Crippen LogP contribution in [0.15, 0.2) is 16.6 Å². The van der Waals surface area contributed by atoms with Crippen molar-refractivity contribution in [2.45, 2.75) is 44.4 Å². The summed E-state index contributed by atoms with van der Waals surface area (Å²) < 4.78 is 7.16. The first-order valence-corrected chi connectivity index (χ1v) is 8.71. The summed E-state index contributed by atoms with van der Waals surface area (Å²) in [5.74, 6) is 7.77. The highest BCUT2D eigenvalue weighted by Crippen LogP contribution is 2.34. The first kappa shape index (κ1) is 16.1. The van der Waals surface area contributed by atoms with Gasteiger partial charge in [-0.25, -0.2) is 0 Å². The van der Waals surface area contributed by atoms with Gasteiger partial charge in [-0.3, -0.25) is 11.3 Å². The van der Waals surface area contributed by atoms with E-state index in [0.717, 1.165) is 35.4 Å². The number of nitrogens with one attached hydrogen (secondary N) is 1. The fourth-order valence-corrected chi connectivity index (χ4v) is 3.75. The van der Waals surface area contributed by atoms with Crippen LogP contribution in [0.2, 0.25) is 0 Å². The highest BCUT2D eigenvalue weighted by atomic mass is 79.9. The van der Waals surface area contributed by atoms with Crippen molar-refractivity contribution >= 4 is 27.7 Å². The summed E-state index contributed by atoms with van der Waals surface area (Å²) in [6, 6.07) is 4.55. The van der Waals surface area contributed by atoms with Crippen LogP contribution in [0.3, 0.4) is 0 Å². The Kier molecular flexibility index (Phi) is 5.40. The zero-order valence-corrected chi connectivity index (χ0v) is 14.7. The van der Waals surface area contributed by atoms with Crippen LogP contribution in [0.1, 0.15) is 31.9 Å². The summed E-state index contributed by atoms with van der Waals surface area (Å²) in [6.07, 6.45) is 1.89. The van der Waals surface area contributed by atoms with E-state index >= 15 is 0 Å². The van der Waals surface area contributed by atoms with Crippen molar-refractivity contribution in [3.05, 3.63) is 27.7 Å². The maximum absolute atomic E-state index is 5.78. The standard InChI is InChI=1S/C15H23BrN2OS/c1-15(2,3)20-9-13(18-17)8-11-7-12(16)6-10-4-5-19-14(10)11/h6-7,13,18H,4-5,8-9,17H2,1-3H3. The van der Waals surface area contributed by atoms with Gasteiger partial charge in [-0.05, 0) is 29.7 Å². The number of hydrogen-bond donors (Lipinski definition) is 2. The van der Waals surface area contributed by atoms with E-state index in [2.05, 4.69) is 54.3 Å². The fourth-order valence-electron chi connectivity index (χ4n) is 2.28. The molecule has 0 bridgehead atoms. The van der Waals surface area contributed by atoms with Gasteiger partial charge in [-0.1, -0.05) is 36.7 Å². The highest BCUT2D eigenvalue weighted by molar-refractivity contribution is 9.10. The van der Waals surface area contributed by atoms with Gasteiger partial charge in [0.25, 0.3) is 0 Å². The molecule has 2 rings (SSSR count). The van der Waals surface area contributed by atoms with Crippen LogP contribution in [-0.2, 0) is 12.8 Å². The Labute approximate surface area is 134 Å². The van der Waals surface area contributed by atoms with Gasteiger partial charge in [0, 0.05) is 27.4 Å². The number of ether oxygens (including phenoxy) is 1. The molecule has 0 aliphatic carbocycles. The molecule has 0 saturated heterocycles. The number of nitrogens with two attached hydrogens (primary N) is 1. The van der Waals surface area contributed by atoms with Crippen molar-refractivity contribution in [2.24, 2.45) is 5.84 Å². The van der Waals surface area contributed by atoms with Gasteiger partial charge in [0.2, 0.25) is 0 Å². The molecule has 0 spiro atoms. The highest BCUT2D eigenvalue weighted by Gasteiger charge is 2.21. The van der Waals surface area contributed by atoms with E-state index in [4.69, 9.17) is 10.6 Å². The Balaban J connectivity index is 2.08. The average Bonchev–Trinajstić information content (AvgIpc) is 2.81. The second-order valence-electron chi connectivity index (χ2n) is 6.14. The third kappa shape index (κ3) is 4.38. The van der Waals surface area contributed by atoms with Gasteiger partial charge < -0.3 is 4.74 Å². The monoisotopic (exact) mass is 358 g/mol. The average molecular weight is 359 g/mol. The zero-order valence-electron chi connectivity index (χ0n) is 12.3. The summed E-state index contributed by atoms with van der Waals surface area (Å²) in [5.41, 5.74) is 5.48. The van der Waals surface area contributed by atoms with Crippen LogP contribution in [-0.4, -0.2) is 23.1 Å². The third-order valence-electron chi connectivity index (χ3n) is 3.24. The Bertz CT molecular complexity index is 474. The van der Waals surface area contributed by atoms with Gasteiger partial charge in [-0.15, -0.1) is 0 Å². The quantitative estimate of drug-likeness (QED) is 0.626. The van der Waals surface area contributed by atoms with E-state index in [1.807, 2.05) is 11.8 Å². The molecule has 112 valence electrons. The Hall–Kier alpha value is -0.230. The Morgan fingerprint density at radius 2 is 2.20 bits per heavy atom. The molecule has 1 atom stereocenters. The molecule has 0 radical (unpaired) electrons. The van der Waals surface area contributed by atoms with Crippen LogP contribution < -0.4 is 16.0 Å². The summed E-state index contributed by atoms with van der Waals surface area (Å²) in [5, 5.41) is 0.